The summed E-state index contributed by atoms with van der Waals surface area (Å²) in [7, 11) is 2.15. The molecule has 0 radical (unpaired) electrons. The Morgan fingerprint density at radius 1 is 1.35 bits per heavy atom. The molecule has 1 aromatic rings. The third kappa shape index (κ3) is 7.82. The molecule has 0 spiro atoms. The number of nitrogens with zero attached hydrogens (tertiary/aromatic N) is 2. The monoisotopic (exact) mass is 473 g/mol. The summed E-state index contributed by atoms with van der Waals surface area (Å²) in [6.45, 7) is 11.2. The van der Waals surface area contributed by atoms with Crippen LogP contribution in [0.4, 0.5) is 0 Å². The SMILES string of the molecule is CCNC(=NCC(C)c1cccc(C)c1)N(C)CCC1CCOCC1.I. The average Bonchev–Trinajstić information content (AvgIpc) is 2.63. The van der Waals surface area contributed by atoms with E-state index in [2.05, 4.69) is 62.3 Å². The summed E-state index contributed by atoms with van der Waals surface area (Å²) >= 11 is 0. The highest BCUT2D eigenvalue weighted by molar-refractivity contribution is 14.0. The number of aryl methyl sites for hydroxylation is 1. The molecule has 1 saturated heterocycles. The minimum atomic E-state index is 0. The predicted octanol–water partition coefficient (Wildman–Crippen LogP) is 4.43. The number of hydrogen-bond donors (Lipinski definition) is 1. The minimum absolute atomic E-state index is 0. The molecule has 1 aliphatic rings. The highest BCUT2D eigenvalue weighted by atomic mass is 127. The number of rotatable bonds is 7. The Balaban J connectivity index is 0.00000338. The van der Waals surface area contributed by atoms with Gasteiger partial charge < -0.3 is 15.0 Å². The Morgan fingerprint density at radius 3 is 2.73 bits per heavy atom. The van der Waals surface area contributed by atoms with E-state index in [1.165, 1.54) is 30.4 Å². The van der Waals surface area contributed by atoms with Gasteiger partial charge in [-0.05, 0) is 44.6 Å². The molecule has 1 aromatic carbocycles. The van der Waals surface area contributed by atoms with Crippen molar-refractivity contribution in [2.24, 2.45) is 10.9 Å². The first-order valence-electron chi connectivity index (χ1n) is 9.74. The lowest BCUT2D eigenvalue weighted by Gasteiger charge is -2.27. The standard InChI is InChI=1S/C21H35N3O.HI/c1-5-22-21(24(4)12-9-19-10-13-25-14-11-19)23-16-18(3)20-8-6-7-17(2)15-20;/h6-8,15,18-19H,5,9-14,16H2,1-4H3,(H,22,23);1H. The van der Waals surface area contributed by atoms with Gasteiger partial charge in [-0.25, -0.2) is 0 Å². The van der Waals surface area contributed by atoms with Crippen molar-refractivity contribution in [3.8, 4) is 0 Å². The zero-order chi connectivity index (χ0) is 18.1. The van der Waals surface area contributed by atoms with E-state index in [0.717, 1.165) is 44.7 Å². The van der Waals surface area contributed by atoms with Crippen LogP contribution in [0.15, 0.2) is 29.3 Å². The van der Waals surface area contributed by atoms with E-state index in [-0.39, 0.29) is 24.0 Å². The van der Waals surface area contributed by atoms with Gasteiger partial charge in [0.1, 0.15) is 0 Å². The molecule has 4 nitrogen and oxygen atoms in total. The summed E-state index contributed by atoms with van der Waals surface area (Å²) in [4.78, 5) is 7.17. The highest BCUT2D eigenvalue weighted by Gasteiger charge is 2.15. The van der Waals surface area contributed by atoms with Crippen molar-refractivity contribution in [3.63, 3.8) is 0 Å². The van der Waals surface area contributed by atoms with Crippen LogP contribution in [0.5, 0.6) is 0 Å². The van der Waals surface area contributed by atoms with Gasteiger partial charge in [0.25, 0.3) is 0 Å². The summed E-state index contributed by atoms with van der Waals surface area (Å²) in [5, 5.41) is 3.44. The van der Waals surface area contributed by atoms with Gasteiger partial charge in [-0.1, -0.05) is 36.8 Å². The number of guanidine groups is 1. The molecule has 5 heteroatoms. The van der Waals surface area contributed by atoms with Gasteiger partial charge >= 0.3 is 0 Å². The lowest BCUT2D eigenvalue weighted by atomic mass is 9.96. The van der Waals surface area contributed by atoms with E-state index in [0.29, 0.717) is 5.92 Å². The van der Waals surface area contributed by atoms with Crippen molar-refractivity contribution in [1.82, 2.24) is 10.2 Å². The summed E-state index contributed by atoms with van der Waals surface area (Å²) in [5.41, 5.74) is 2.68. The van der Waals surface area contributed by atoms with Crippen molar-refractivity contribution in [1.29, 1.82) is 0 Å². The Kier molecular flexibility index (Phi) is 11.2. The third-order valence-corrected chi connectivity index (χ3v) is 5.04. The second-order valence-electron chi connectivity index (χ2n) is 7.28. The molecule has 0 aliphatic carbocycles. The van der Waals surface area contributed by atoms with Crippen LogP contribution >= 0.6 is 24.0 Å². The van der Waals surface area contributed by atoms with Crippen LogP contribution in [0.2, 0.25) is 0 Å². The summed E-state index contributed by atoms with van der Waals surface area (Å²) in [6.07, 6.45) is 3.62. The second kappa shape index (κ2) is 12.5. The molecule has 1 unspecified atom stereocenters. The normalized spacial score (nSPS) is 16.7. The van der Waals surface area contributed by atoms with Crippen molar-refractivity contribution in [3.05, 3.63) is 35.4 Å². The highest BCUT2D eigenvalue weighted by Crippen LogP contribution is 2.19. The molecule has 0 amide bonds. The van der Waals surface area contributed by atoms with E-state index < -0.39 is 0 Å². The van der Waals surface area contributed by atoms with Crippen LogP contribution in [0.3, 0.4) is 0 Å². The molecular formula is C21H36IN3O. The van der Waals surface area contributed by atoms with Crippen molar-refractivity contribution >= 4 is 29.9 Å². The maximum absolute atomic E-state index is 5.46. The van der Waals surface area contributed by atoms with Gasteiger partial charge in [-0.2, -0.15) is 0 Å². The molecule has 26 heavy (non-hydrogen) atoms. The number of benzene rings is 1. The average molecular weight is 473 g/mol. The van der Waals surface area contributed by atoms with E-state index in [4.69, 9.17) is 9.73 Å². The van der Waals surface area contributed by atoms with Gasteiger partial charge in [0, 0.05) is 45.8 Å². The zero-order valence-electron chi connectivity index (χ0n) is 16.8. The first kappa shape index (κ1) is 23.2. The molecule has 1 heterocycles. The second-order valence-corrected chi connectivity index (χ2v) is 7.28. The van der Waals surface area contributed by atoms with Gasteiger partial charge in [0.2, 0.25) is 0 Å². The van der Waals surface area contributed by atoms with E-state index in [9.17, 15) is 0 Å². The van der Waals surface area contributed by atoms with Crippen LogP contribution in [-0.2, 0) is 4.74 Å². The molecule has 1 fully saturated rings. The lowest BCUT2D eigenvalue weighted by molar-refractivity contribution is 0.0625. The Labute approximate surface area is 176 Å². The van der Waals surface area contributed by atoms with Crippen LogP contribution in [0.25, 0.3) is 0 Å². The molecule has 0 bridgehead atoms. The van der Waals surface area contributed by atoms with Crippen LogP contribution < -0.4 is 5.32 Å². The first-order chi connectivity index (χ1) is 12.1. The summed E-state index contributed by atoms with van der Waals surface area (Å²) in [5.74, 6) is 2.25. The van der Waals surface area contributed by atoms with E-state index >= 15 is 0 Å². The van der Waals surface area contributed by atoms with E-state index in [1.54, 1.807) is 0 Å². The van der Waals surface area contributed by atoms with Gasteiger partial charge in [-0.3, -0.25) is 4.99 Å². The van der Waals surface area contributed by atoms with Crippen LogP contribution in [0, 0.1) is 12.8 Å². The van der Waals surface area contributed by atoms with Crippen LogP contribution in [0.1, 0.15) is 50.2 Å². The fourth-order valence-electron chi connectivity index (χ4n) is 3.29. The third-order valence-electron chi connectivity index (χ3n) is 5.04. The number of nitrogens with one attached hydrogen (secondary N) is 1. The number of halogens is 1. The quantitative estimate of drug-likeness (QED) is 0.362. The maximum Gasteiger partial charge on any atom is 0.193 e. The van der Waals surface area contributed by atoms with Gasteiger partial charge in [-0.15, -0.1) is 24.0 Å². The number of ether oxygens (including phenoxy) is 1. The Bertz CT molecular complexity index is 544. The van der Waals surface area contributed by atoms with Crippen molar-refractivity contribution < 1.29 is 4.74 Å². The number of aliphatic imine (C=N–C) groups is 1. The number of hydrogen-bond acceptors (Lipinski definition) is 2. The predicted molar refractivity (Wildman–Crippen MR) is 122 cm³/mol. The topological polar surface area (TPSA) is 36.9 Å². The maximum atomic E-state index is 5.46. The fraction of sp³-hybridized carbons (Fsp3) is 0.667. The molecule has 0 aromatic heterocycles. The molecular weight excluding hydrogens is 437 g/mol. The van der Waals surface area contributed by atoms with Gasteiger partial charge in [0.05, 0.1) is 0 Å². The van der Waals surface area contributed by atoms with Crippen molar-refractivity contribution in [2.75, 3.05) is 39.9 Å². The smallest absolute Gasteiger partial charge is 0.193 e. The minimum Gasteiger partial charge on any atom is -0.381 e. The molecule has 0 saturated carbocycles. The fourth-order valence-corrected chi connectivity index (χ4v) is 3.29. The van der Waals surface area contributed by atoms with E-state index in [1.807, 2.05) is 0 Å². The van der Waals surface area contributed by atoms with Gasteiger partial charge in [0.15, 0.2) is 5.96 Å². The molecule has 1 atom stereocenters. The van der Waals surface area contributed by atoms with Crippen molar-refractivity contribution in [2.45, 2.75) is 46.0 Å². The lowest BCUT2D eigenvalue weighted by Crippen LogP contribution is -2.40. The Hall–Kier alpha value is -0.820. The largest absolute Gasteiger partial charge is 0.381 e. The van der Waals surface area contributed by atoms with Crippen LogP contribution in [-0.4, -0.2) is 50.8 Å². The first-order valence-corrected chi connectivity index (χ1v) is 9.74. The Morgan fingerprint density at radius 2 is 2.08 bits per heavy atom. The molecule has 2 rings (SSSR count). The zero-order valence-corrected chi connectivity index (χ0v) is 19.2. The summed E-state index contributed by atoms with van der Waals surface area (Å²) < 4.78 is 5.46. The summed E-state index contributed by atoms with van der Waals surface area (Å²) in [6, 6.07) is 8.75. The molecule has 1 aliphatic heterocycles. The molecule has 148 valence electrons. The molecule has 1 N–H and O–H groups in total.